The zero-order valence-corrected chi connectivity index (χ0v) is 9.18. The predicted molar refractivity (Wildman–Crippen MR) is 56.5 cm³/mol. The first-order chi connectivity index (χ1) is 8.15. The number of aromatic nitrogens is 3. The lowest BCUT2D eigenvalue weighted by Gasteiger charge is -2.14. The largest absolute Gasteiger partial charge is 0.486 e. The van der Waals surface area contributed by atoms with Gasteiger partial charge in [0.05, 0.1) is 6.54 Å². The molecule has 17 heavy (non-hydrogen) atoms. The van der Waals surface area contributed by atoms with E-state index in [2.05, 4.69) is 10.1 Å². The molecular formula is C11H11F2N3O. The van der Waals surface area contributed by atoms with Gasteiger partial charge in [-0.3, -0.25) is 0 Å². The van der Waals surface area contributed by atoms with Crippen LogP contribution in [0.25, 0.3) is 0 Å². The number of nitrogens with zero attached hydrogens (tertiary/aromatic N) is 3. The van der Waals surface area contributed by atoms with Crippen molar-refractivity contribution in [3.63, 3.8) is 0 Å². The highest BCUT2D eigenvalue weighted by Gasteiger charge is 2.10. The smallest absolute Gasteiger partial charge is 0.167 e. The number of halogens is 2. The summed E-state index contributed by atoms with van der Waals surface area (Å²) in [5.41, 5.74) is 0. The topological polar surface area (TPSA) is 39.9 Å². The molecule has 0 bridgehead atoms. The first-order valence-corrected chi connectivity index (χ1v) is 5.09. The summed E-state index contributed by atoms with van der Waals surface area (Å²) in [6, 6.07) is 3.21. The summed E-state index contributed by atoms with van der Waals surface area (Å²) < 4.78 is 32.9. The van der Waals surface area contributed by atoms with Gasteiger partial charge in [-0.2, -0.15) is 5.10 Å². The molecule has 0 aliphatic heterocycles. The molecule has 4 nitrogen and oxygen atoms in total. The highest BCUT2D eigenvalue weighted by Crippen LogP contribution is 2.19. The molecule has 0 aliphatic carbocycles. The van der Waals surface area contributed by atoms with Crippen molar-refractivity contribution in [3.05, 3.63) is 42.5 Å². The van der Waals surface area contributed by atoms with E-state index in [0.717, 1.165) is 12.1 Å². The van der Waals surface area contributed by atoms with E-state index in [9.17, 15) is 8.78 Å². The van der Waals surface area contributed by atoms with Crippen molar-refractivity contribution in [1.82, 2.24) is 14.8 Å². The van der Waals surface area contributed by atoms with Gasteiger partial charge >= 0.3 is 0 Å². The molecule has 0 unspecified atom stereocenters. The summed E-state index contributed by atoms with van der Waals surface area (Å²) in [5.74, 6) is -1.31. The summed E-state index contributed by atoms with van der Waals surface area (Å²) in [6.45, 7) is 2.21. The van der Waals surface area contributed by atoms with Gasteiger partial charge in [-0.15, -0.1) is 0 Å². The van der Waals surface area contributed by atoms with Gasteiger partial charge in [0, 0.05) is 6.07 Å². The molecule has 2 rings (SSSR count). The Labute approximate surface area is 96.9 Å². The molecule has 1 aromatic carbocycles. The summed E-state index contributed by atoms with van der Waals surface area (Å²) in [4.78, 5) is 3.78. The Kier molecular flexibility index (Phi) is 3.32. The van der Waals surface area contributed by atoms with Crippen molar-refractivity contribution < 1.29 is 13.5 Å². The highest BCUT2D eigenvalue weighted by molar-refractivity contribution is 5.24. The van der Waals surface area contributed by atoms with Gasteiger partial charge in [-0.25, -0.2) is 18.4 Å². The lowest BCUT2D eigenvalue weighted by Crippen LogP contribution is -2.20. The van der Waals surface area contributed by atoms with Crippen LogP contribution in [-0.2, 0) is 6.54 Å². The molecule has 0 amide bonds. The molecule has 0 saturated heterocycles. The van der Waals surface area contributed by atoms with Gasteiger partial charge < -0.3 is 4.74 Å². The average molecular weight is 239 g/mol. The minimum absolute atomic E-state index is 0.0269. The SMILES string of the molecule is C[C@@H](Cn1cncn1)Oc1ccc(F)cc1F. The Hall–Kier alpha value is -1.98. The van der Waals surface area contributed by atoms with Crippen LogP contribution in [0.4, 0.5) is 8.78 Å². The van der Waals surface area contributed by atoms with E-state index in [1.807, 2.05) is 0 Å². The van der Waals surface area contributed by atoms with Gasteiger partial charge in [0.25, 0.3) is 0 Å². The fraction of sp³-hybridized carbons (Fsp3) is 0.273. The molecule has 6 heteroatoms. The zero-order chi connectivity index (χ0) is 12.3. The fourth-order valence-corrected chi connectivity index (χ4v) is 1.42. The quantitative estimate of drug-likeness (QED) is 0.819. The van der Waals surface area contributed by atoms with Crippen LogP contribution in [0, 0.1) is 11.6 Å². The molecule has 1 heterocycles. The highest BCUT2D eigenvalue weighted by atomic mass is 19.1. The van der Waals surface area contributed by atoms with Gasteiger partial charge in [0.2, 0.25) is 0 Å². The third-order valence-corrected chi connectivity index (χ3v) is 2.13. The van der Waals surface area contributed by atoms with E-state index in [1.165, 1.54) is 12.4 Å². The number of benzene rings is 1. The van der Waals surface area contributed by atoms with Crippen LogP contribution in [0.5, 0.6) is 5.75 Å². The third kappa shape index (κ3) is 2.99. The first kappa shape index (κ1) is 11.5. The average Bonchev–Trinajstić information content (AvgIpc) is 2.75. The van der Waals surface area contributed by atoms with Crippen LogP contribution in [0.15, 0.2) is 30.9 Å². The Morgan fingerprint density at radius 1 is 1.41 bits per heavy atom. The molecule has 1 aromatic heterocycles. The van der Waals surface area contributed by atoms with Gasteiger partial charge in [0.1, 0.15) is 24.6 Å². The molecule has 0 radical (unpaired) electrons. The third-order valence-electron chi connectivity index (χ3n) is 2.13. The summed E-state index contributed by atoms with van der Waals surface area (Å²) in [6.07, 6.45) is 2.66. The van der Waals surface area contributed by atoms with Crippen molar-refractivity contribution in [2.45, 2.75) is 19.6 Å². The van der Waals surface area contributed by atoms with Crippen molar-refractivity contribution in [2.75, 3.05) is 0 Å². The molecule has 2 aromatic rings. The molecule has 0 aliphatic rings. The fourth-order valence-electron chi connectivity index (χ4n) is 1.42. The van der Waals surface area contributed by atoms with E-state index in [-0.39, 0.29) is 11.9 Å². The van der Waals surface area contributed by atoms with Crippen LogP contribution < -0.4 is 4.74 Å². The Morgan fingerprint density at radius 2 is 2.24 bits per heavy atom. The molecule has 0 spiro atoms. The normalized spacial score (nSPS) is 12.4. The van der Waals surface area contributed by atoms with Crippen LogP contribution in [0.1, 0.15) is 6.92 Å². The van der Waals surface area contributed by atoms with Gasteiger partial charge in [0.15, 0.2) is 11.6 Å². The van der Waals surface area contributed by atoms with Crippen LogP contribution >= 0.6 is 0 Å². The molecule has 0 fully saturated rings. The zero-order valence-electron chi connectivity index (χ0n) is 9.18. The number of hydrogen-bond donors (Lipinski definition) is 0. The predicted octanol–water partition coefficient (Wildman–Crippen LogP) is 2.02. The Balaban J connectivity index is 2.00. The second-order valence-corrected chi connectivity index (χ2v) is 3.62. The van der Waals surface area contributed by atoms with Crippen molar-refractivity contribution in [3.8, 4) is 5.75 Å². The monoisotopic (exact) mass is 239 g/mol. The molecule has 0 saturated carbocycles. The minimum atomic E-state index is -0.713. The molecule has 0 N–H and O–H groups in total. The lowest BCUT2D eigenvalue weighted by atomic mass is 10.3. The van der Waals surface area contributed by atoms with Gasteiger partial charge in [-0.05, 0) is 19.1 Å². The van der Waals surface area contributed by atoms with E-state index >= 15 is 0 Å². The number of hydrogen-bond acceptors (Lipinski definition) is 3. The van der Waals surface area contributed by atoms with Crippen LogP contribution in [0.3, 0.4) is 0 Å². The summed E-state index contributed by atoms with van der Waals surface area (Å²) >= 11 is 0. The summed E-state index contributed by atoms with van der Waals surface area (Å²) in [5, 5.41) is 3.91. The molecular weight excluding hydrogens is 228 g/mol. The number of rotatable bonds is 4. The van der Waals surface area contributed by atoms with Gasteiger partial charge in [-0.1, -0.05) is 0 Å². The first-order valence-electron chi connectivity index (χ1n) is 5.09. The molecule has 1 atom stereocenters. The number of ether oxygens (including phenoxy) is 1. The second-order valence-electron chi connectivity index (χ2n) is 3.62. The van der Waals surface area contributed by atoms with Crippen molar-refractivity contribution >= 4 is 0 Å². The maximum absolute atomic E-state index is 13.3. The lowest BCUT2D eigenvalue weighted by molar-refractivity contribution is 0.185. The second kappa shape index (κ2) is 4.90. The maximum Gasteiger partial charge on any atom is 0.167 e. The van der Waals surface area contributed by atoms with Crippen LogP contribution in [0.2, 0.25) is 0 Å². The summed E-state index contributed by atoms with van der Waals surface area (Å²) in [7, 11) is 0. The maximum atomic E-state index is 13.3. The standard InChI is InChI=1S/C11H11F2N3O/c1-8(5-16-7-14-6-15-16)17-11-3-2-9(12)4-10(11)13/h2-4,6-8H,5H2,1H3/t8-/m0/s1. The van der Waals surface area contributed by atoms with Crippen molar-refractivity contribution in [1.29, 1.82) is 0 Å². The van der Waals surface area contributed by atoms with E-state index in [4.69, 9.17) is 4.74 Å². The minimum Gasteiger partial charge on any atom is -0.486 e. The Morgan fingerprint density at radius 3 is 2.88 bits per heavy atom. The Bertz CT molecular complexity index is 487. The van der Waals surface area contributed by atoms with E-state index in [1.54, 1.807) is 17.9 Å². The van der Waals surface area contributed by atoms with Crippen molar-refractivity contribution in [2.24, 2.45) is 0 Å². The van der Waals surface area contributed by atoms with E-state index in [0.29, 0.717) is 6.54 Å². The molecule has 90 valence electrons. The van der Waals surface area contributed by atoms with Crippen LogP contribution in [-0.4, -0.2) is 20.9 Å². The van der Waals surface area contributed by atoms with E-state index < -0.39 is 11.6 Å².